The third-order valence-corrected chi connectivity index (χ3v) is 2.92. The molecule has 2 aromatic rings. The van der Waals surface area contributed by atoms with Crippen LogP contribution in [-0.4, -0.2) is 18.0 Å². The molecule has 0 aliphatic heterocycles. The zero-order valence-electron chi connectivity index (χ0n) is 11.0. The van der Waals surface area contributed by atoms with Crippen LogP contribution >= 0.6 is 0 Å². The summed E-state index contributed by atoms with van der Waals surface area (Å²) in [4.78, 5) is 4.26. The van der Waals surface area contributed by atoms with Gasteiger partial charge in [0.15, 0.2) is 0 Å². The van der Waals surface area contributed by atoms with Crippen LogP contribution in [0.15, 0.2) is 59.6 Å². The highest BCUT2D eigenvalue weighted by molar-refractivity contribution is 5.84. The van der Waals surface area contributed by atoms with Crippen LogP contribution in [0.2, 0.25) is 0 Å². The van der Waals surface area contributed by atoms with E-state index < -0.39 is 0 Å². The number of hydrogen-bond donors (Lipinski definition) is 2. The van der Waals surface area contributed by atoms with Crippen molar-refractivity contribution in [3.05, 3.63) is 65.7 Å². The Balaban J connectivity index is 1.92. The van der Waals surface area contributed by atoms with Gasteiger partial charge in [-0.25, -0.2) is 0 Å². The molecule has 0 atom stereocenters. The molecule has 0 aliphatic rings. The van der Waals surface area contributed by atoms with Gasteiger partial charge in [-0.05, 0) is 23.3 Å². The second kappa shape index (κ2) is 6.59. The lowest BCUT2D eigenvalue weighted by molar-refractivity contribution is 0.475. The van der Waals surface area contributed by atoms with Crippen molar-refractivity contribution in [2.45, 2.75) is 13.0 Å². The molecule has 19 heavy (non-hydrogen) atoms. The average molecular weight is 254 g/mol. The second-order valence-electron chi connectivity index (χ2n) is 4.35. The molecule has 0 aromatic heterocycles. The summed E-state index contributed by atoms with van der Waals surface area (Å²) in [7, 11) is 1.79. The van der Waals surface area contributed by atoms with Crippen LogP contribution in [0.1, 0.15) is 11.1 Å². The van der Waals surface area contributed by atoms with Gasteiger partial charge in [-0.1, -0.05) is 42.5 Å². The van der Waals surface area contributed by atoms with E-state index in [0.29, 0.717) is 0 Å². The Hall–Kier alpha value is -2.29. The van der Waals surface area contributed by atoms with E-state index in [1.54, 1.807) is 19.2 Å². The highest BCUT2D eigenvalue weighted by atomic mass is 16.3. The van der Waals surface area contributed by atoms with Gasteiger partial charge in [0.25, 0.3) is 0 Å². The Morgan fingerprint density at radius 1 is 1.00 bits per heavy atom. The van der Waals surface area contributed by atoms with Crippen molar-refractivity contribution in [3.63, 3.8) is 0 Å². The lowest BCUT2D eigenvalue weighted by Gasteiger charge is -2.09. The third-order valence-electron chi connectivity index (χ3n) is 2.92. The van der Waals surface area contributed by atoms with Crippen LogP contribution in [0, 0.1) is 0 Å². The SMILES string of the molecule is C/N=C(/Cc1ccc(O)cc1)NCc1ccccc1. The van der Waals surface area contributed by atoms with Crippen LogP contribution in [0.4, 0.5) is 0 Å². The molecule has 0 saturated carbocycles. The van der Waals surface area contributed by atoms with Gasteiger partial charge in [0.1, 0.15) is 11.6 Å². The van der Waals surface area contributed by atoms with Crippen molar-refractivity contribution in [1.82, 2.24) is 5.32 Å². The topological polar surface area (TPSA) is 44.6 Å². The predicted molar refractivity (Wildman–Crippen MR) is 78.5 cm³/mol. The standard InChI is InChI=1S/C16H18N2O/c1-17-16(11-13-7-9-15(19)10-8-13)18-12-14-5-3-2-4-6-14/h2-10,19H,11-12H2,1H3,(H,17,18). The molecule has 3 heteroatoms. The van der Waals surface area contributed by atoms with Crippen molar-refractivity contribution in [2.75, 3.05) is 7.05 Å². The molecule has 2 rings (SSSR count). The number of rotatable bonds is 4. The first-order chi connectivity index (χ1) is 9.28. The quantitative estimate of drug-likeness (QED) is 0.651. The smallest absolute Gasteiger partial charge is 0.115 e. The summed E-state index contributed by atoms with van der Waals surface area (Å²) >= 11 is 0. The molecule has 98 valence electrons. The Bertz CT molecular complexity index is 532. The maximum atomic E-state index is 9.25. The van der Waals surface area contributed by atoms with E-state index in [1.165, 1.54) is 5.56 Å². The Morgan fingerprint density at radius 3 is 2.32 bits per heavy atom. The number of phenolic OH excluding ortho intramolecular Hbond substituents is 1. The summed E-state index contributed by atoms with van der Waals surface area (Å²) in [5.74, 6) is 1.23. The monoisotopic (exact) mass is 254 g/mol. The molecular weight excluding hydrogens is 236 g/mol. The van der Waals surface area contributed by atoms with Crippen molar-refractivity contribution >= 4 is 5.84 Å². The zero-order chi connectivity index (χ0) is 13.5. The highest BCUT2D eigenvalue weighted by Gasteiger charge is 2.01. The van der Waals surface area contributed by atoms with Gasteiger partial charge in [0.05, 0.1) is 0 Å². The van der Waals surface area contributed by atoms with Gasteiger partial charge in [0, 0.05) is 20.0 Å². The number of hydrogen-bond acceptors (Lipinski definition) is 2. The van der Waals surface area contributed by atoms with E-state index >= 15 is 0 Å². The molecule has 3 nitrogen and oxygen atoms in total. The van der Waals surface area contributed by atoms with Crippen LogP contribution in [0.25, 0.3) is 0 Å². The molecule has 0 heterocycles. The first kappa shape index (κ1) is 13.1. The molecule has 0 radical (unpaired) electrons. The minimum atomic E-state index is 0.288. The summed E-state index contributed by atoms with van der Waals surface area (Å²) in [6.07, 6.45) is 0.740. The minimum absolute atomic E-state index is 0.288. The van der Waals surface area contributed by atoms with Crippen LogP contribution in [0.3, 0.4) is 0 Å². The molecular formula is C16H18N2O. The predicted octanol–water partition coefficient (Wildman–Crippen LogP) is 2.75. The van der Waals surface area contributed by atoms with Crippen molar-refractivity contribution < 1.29 is 5.11 Å². The van der Waals surface area contributed by atoms with Gasteiger partial charge in [-0.15, -0.1) is 0 Å². The molecule has 0 bridgehead atoms. The van der Waals surface area contributed by atoms with Crippen LogP contribution in [-0.2, 0) is 13.0 Å². The molecule has 0 saturated heterocycles. The Morgan fingerprint density at radius 2 is 1.68 bits per heavy atom. The number of nitrogens with zero attached hydrogens (tertiary/aromatic N) is 1. The van der Waals surface area contributed by atoms with Gasteiger partial charge in [-0.2, -0.15) is 0 Å². The summed E-state index contributed by atoms with van der Waals surface area (Å²) in [5.41, 5.74) is 2.35. The lowest BCUT2D eigenvalue weighted by Crippen LogP contribution is -2.24. The summed E-state index contributed by atoms with van der Waals surface area (Å²) in [5, 5.41) is 12.6. The van der Waals surface area contributed by atoms with Crippen molar-refractivity contribution in [1.29, 1.82) is 0 Å². The Labute approximate surface area is 113 Å². The summed E-state index contributed by atoms with van der Waals surface area (Å²) in [6.45, 7) is 0.769. The molecule has 2 N–H and O–H groups in total. The zero-order valence-corrected chi connectivity index (χ0v) is 11.0. The highest BCUT2D eigenvalue weighted by Crippen LogP contribution is 2.10. The van der Waals surface area contributed by atoms with Crippen LogP contribution in [0.5, 0.6) is 5.75 Å². The van der Waals surface area contributed by atoms with Crippen molar-refractivity contribution in [3.8, 4) is 5.75 Å². The fourth-order valence-electron chi connectivity index (χ4n) is 1.83. The molecule has 2 aromatic carbocycles. The number of phenols is 1. The number of amidine groups is 1. The summed E-state index contributed by atoms with van der Waals surface area (Å²) < 4.78 is 0. The fraction of sp³-hybridized carbons (Fsp3) is 0.188. The van der Waals surface area contributed by atoms with Gasteiger partial charge < -0.3 is 10.4 Å². The maximum Gasteiger partial charge on any atom is 0.115 e. The van der Waals surface area contributed by atoms with E-state index in [2.05, 4.69) is 22.4 Å². The maximum absolute atomic E-state index is 9.25. The van der Waals surface area contributed by atoms with E-state index in [1.807, 2.05) is 30.3 Å². The molecule has 0 spiro atoms. The van der Waals surface area contributed by atoms with E-state index in [-0.39, 0.29) is 5.75 Å². The third kappa shape index (κ3) is 4.14. The fourth-order valence-corrected chi connectivity index (χ4v) is 1.83. The number of aromatic hydroxyl groups is 1. The minimum Gasteiger partial charge on any atom is -0.508 e. The van der Waals surface area contributed by atoms with Gasteiger partial charge in [-0.3, -0.25) is 4.99 Å². The largest absolute Gasteiger partial charge is 0.508 e. The average Bonchev–Trinajstić information content (AvgIpc) is 2.46. The molecule has 0 aliphatic carbocycles. The van der Waals surface area contributed by atoms with Crippen LogP contribution < -0.4 is 5.32 Å². The van der Waals surface area contributed by atoms with Crippen molar-refractivity contribution in [2.24, 2.45) is 4.99 Å². The first-order valence-corrected chi connectivity index (χ1v) is 6.29. The van der Waals surface area contributed by atoms with Gasteiger partial charge in [0.2, 0.25) is 0 Å². The molecule has 0 fully saturated rings. The van der Waals surface area contributed by atoms with E-state index in [9.17, 15) is 5.11 Å². The number of benzene rings is 2. The van der Waals surface area contributed by atoms with E-state index in [4.69, 9.17) is 0 Å². The van der Waals surface area contributed by atoms with E-state index in [0.717, 1.165) is 24.4 Å². The first-order valence-electron chi connectivity index (χ1n) is 6.29. The normalized spacial score (nSPS) is 11.3. The molecule has 0 amide bonds. The lowest BCUT2D eigenvalue weighted by atomic mass is 10.1. The Kier molecular flexibility index (Phi) is 4.56. The summed E-state index contributed by atoms with van der Waals surface area (Å²) in [6, 6.07) is 17.4. The second-order valence-corrected chi connectivity index (χ2v) is 4.35. The number of aliphatic imine (C=N–C) groups is 1. The number of nitrogens with one attached hydrogen (secondary N) is 1. The van der Waals surface area contributed by atoms with Gasteiger partial charge >= 0.3 is 0 Å². The molecule has 0 unspecified atom stereocenters.